The monoisotopic (exact) mass is 360 g/mol. The van der Waals surface area contributed by atoms with Crippen molar-refractivity contribution in [2.75, 3.05) is 14.2 Å². The third-order valence-corrected chi connectivity index (χ3v) is 4.89. The number of aromatic nitrogens is 1. The predicted octanol–water partition coefficient (Wildman–Crippen LogP) is 3.10. The third-order valence-electron chi connectivity index (χ3n) is 4.89. The fourth-order valence-corrected chi connectivity index (χ4v) is 3.66. The summed E-state index contributed by atoms with van der Waals surface area (Å²) < 4.78 is 10.6. The first-order chi connectivity index (χ1) is 13.1. The second kappa shape index (κ2) is 6.76. The molecule has 27 heavy (non-hydrogen) atoms. The van der Waals surface area contributed by atoms with Crippen LogP contribution in [0.15, 0.2) is 42.5 Å². The first-order valence-corrected chi connectivity index (χ1v) is 8.68. The lowest BCUT2D eigenvalue weighted by atomic mass is 10.0. The van der Waals surface area contributed by atoms with E-state index >= 15 is 0 Å². The van der Waals surface area contributed by atoms with E-state index < -0.39 is 5.97 Å². The second-order valence-electron chi connectivity index (χ2n) is 6.40. The number of hydrogen-bond donors (Lipinski definition) is 0. The Hall–Kier alpha value is -3.34. The Morgan fingerprint density at radius 1 is 1.07 bits per heavy atom. The smallest absolute Gasteiger partial charge is 0.161 e. The van der Waals surface area contributed by atoms with Crippen molar-refractivity contribution in [2.45, 2.75) is 12.8 Å². The van der Waals surface area contributed by atoms with Gasteiger partial charge in [-0.2, -0.15) is 0 Å². The van der Waals surface area contributed by atoms with E-state index in [1.54, 1.807) is 20.3 Å². The van der Waals surface area contributed by atoms with Crippen molar-refractivity contribution in [2.24, 2.45) is 0 Å². The van der Waals surface area contributed by atoms with Gasteiger partial charge in [-0.25, -0.2) is 4.98 Å². The van der Waals surface area contributed by atoms with Crippen LogP contribution in [0.3, 0.4) is 0 Å². The van der Waals surface area contributed by atoms with Crippen LogP contribution >= 0.6 is 0 Å². The molecule has 4 rings (SSSR count). The fraction of sp³-hybridized carbons (Fsp3) is 0.182. The maximum Gasteiger partial charge on any atom is 0.161 e. The standard InChI is InChI=1S/C22H19NO4/c1-26-18-10-7-13(12-19(18)27-2)11-14-8-9-16-20(22(24)25)15-5-3-4-6-17(15)23-21(14)16/h3-7,10-12H,8-9H2,1-2H3,(H,24,25)/p-1/b14-11+. The number of rotatable bonds is 4. The molecular formula is C22H18NO4-. The Bertz CT molecular complexity index is 1090. The number of carbonyl (C=O) groups excluding carboxylic acids is 1. The molecule has 0 unspecified atom stereocenters. The third kappa shape index (κ3) is 2.91. The molecule has 0 atom stereocenters. The van der Waals surface area contributed by atoms with Gasteiger partial charge in [-0.1, -0.05) is 24.3 Å². The summed E-state index contributed by atoms with van der Waals surface area (Å²) in [6.45, 7) is 0. The first-order valence-electron chi connectivity index (χ1n) is 8.68. The zero-order valence-corrected chi connectivity index (χ0v) is 15.1. The van der Waals surface area contributed by atoms with E-state index in [-0.39, 0.29) is 5.56 Å². The Morgan fingerprint density at radius 3 is 2.59 bits per heavy atom. The van der Waals surface area contributed by atoms with Gasteiger partial charge in [0, 0.05) is 10.9 Å². The molecule has 0 amide bonds. The number of aromatic carboxylic acids is 1. The summed E-state index contributed by atoms with van der Waals surface area (Å²) >= 11 is 0. The highest BCUT2D eigenvalue weighted by Gasteiger charge is 2.24. The molecule has 1 aliphatic carbocycles. The number of carbonyl (C=O) groups is 1. The zero-order valence-electron chi connectivity index (χ0n) is 15.1. The number of carboxylic acids is 1. The number of fused-ring (bicyclic) bond motifs is 2. The highest BCUT2D eigenvalue weighted by Crippen LogP contribution is 2.38. The Kier molecular flexibility index (Phi) is 4.28. The van der Waals surface area contributed by atoms with Crippen LogP contribution in [0.5, 0.6) is 11.5 Å². The fourth-order valence-electron chi connectivity index (χ4n) is 3.66. The van der Waals surface area contributed by atoms with Crippen molar-refractivity contribution < 1.29 is 19.4 Å². The number of hydrogen-bond acceptors (Lipinski definition) is 5. The van der Waals surface area contributed by atoms with Gasteiger partial charge in [0.15, 0.2) is 11.5 Å². The molecule has 5 nitrogen and oxygen atoms in total. The van der Waals surface area contributed by atoms with Gasteiger partial charge in [0.25, 0.3) is 0 Å². The number of nitrogens with zero attached hydrogens (tertiary/aromatic N) is 1. The molecular weight excluding hydrogens is 342 g/mol. The van der Waals surface area contributed by atoms with Crippen molar-refractivity contribution in [3.8, 4) is 11.5 Å². The van der Waals surface area contributed by atoms with E-state index in [1.165, 1.54) is 0 Å². The topological polar surface area (TPSA) is 71.5 Å². The molecule has 2 aromatic carbocycles. The second-order valence-corrected chi connectivity index (χ2v) is 6.40. The molecule has 5 heteroatoms. The lowest BCUT2D eigenvalue weighted by Gasteiger charge is -2.13. The molecule has 0 radical (unpaired) electrons. The van der Waals surface area contributed by atoms with Crippen LogP contribution in [0.1, 0.15) is 33.6 Å². The molecule has 0 bridgehead atoms. The molecule has 0 saturated heterocycles. The minimum absolute atomic E-state index is 0.256. The average molecular weight is 360 g/mol. The first kappa shape index (κ1) is 17.1. The highest BCUT2D eigenvalue weighted by molar-refractivity contribution is 6.05. The van der Waals surface area contributed by atoms with Crippen LogP contribution in [0.4, 0.5) is 0 Å². The van der Waals surface area contributed by atoms with E-state index in [4.69, 9.17) is 14.5 Å². The average Bonchev–Trinajstić information content (AvgIpc) is 3.07. The number of para-hydroxylation sites is 1. The van der Waals surface area contributed by atoms with Crippen LogP contribution in [0, 0.1) is 0 Å². The number of allylic oxidation sites excluding steroid dienone is 1. The van der Waals surface area contributed by atoms with Crippen LogP contribution in [-0.4, -0.2) is 25.2 Å². The van der Waals surface area contributed by atoms with Gasteiger partial charge in [-0.15, -0.1) is 0 Å². The zero-order chi connectivity index (χ0) is 19.0. The van der Waals surface area contributed by atoms with Gasteiger partial charge in [0.1, 0.15) is 0 Å². The maximum atomic E-state index is 11.8. The van der Waals surface area contributed by atoms with Crippen molar-refractivity contribution in [3.05, 3.63) is 64.8 Å². The Balaban J connectivity index is 1.86. The summed E-state index contributed by atoms with van der Waals surface area (Å²) in [6, 6.07) is 13.0. The van der Waals surface area contributed by atoms with Crippen molar-refractivity contribution in [1.29, 1.82) is 0 Å². The van der Waals surface area contributed by atoms with Crippen molar-refractivity contribution in [1.82, 2.24) is 4.98 Å². The van der Waals surface area contributed by atoms with Crippen LogP contribution < -0.4 is 14.6 Å². The van der Waals surface area contributed by atoms with Crippen LogP contribution in [-0.2, 0) is 6.42 Å². The van der Waals surface area contributed by atoms with E-state index in [1.807, 2.05) is 42.5 Å². The number of methoxy groups -OCH3 is 2. The molecule has 0 aliphatic heterocycles. The number of pyridine rings is 1. The van der Waals surface area contributed by atoms with E-state index in [0.29, 0.717) is 28.8 Å². The molecule has 1 aliphatic rings. The molecule has 0 saturated carbocycles. The summed E-state index contributed by atoms with van der Waals surface area (Å²) in [5.74, 6) is 0.152. The normalized spacial score (nSPS) is 14.4. The number of carboxylic acid groups (broad SMARTS) is 1. The summed E-state index contributed by atoms with van der Waals surface area (Å²) in [6.07, 6.45) is 3.39. The Labute approximate surface area is 156 Å². The SMILES string of the molecule is COc1ccc(/C=C2\CCc3c2nc2ccccc2c3C(=O)[O-])cc1OC. The van der Waals surface area contributed by atoms with Crippen LogP contribution in [0.25, 0.3) is 22.6 Å². The number of ether oxygens (including phenoxy) is 2. The summed E-state index contributed by atoms with van der Waals surface area (Å²) in [4.78, 5) is 16.5. The highest BCUT2D eigenvalue weighted by atomic mass is 16.5. The predicted molar refractivity (Wildman–Crippen MR) is 102 cm³/mol. The number of benzene rings is 2. The van der Waals surface area contributed by atoms with Gasteiger partial charge >= 0.3 is 0 Å². The molecule has 0 fully saturated rings. The van der Waals surface area contributed by atoms with Gasteiger partial charge in [-0.05, 0) is 53.8 Å². The minimum Gasteiger partial charge on any atom is -0.545 e. The van der Waals surface area contributed by atoms with Crippen LogP contribution in [0.2, 0.25) is 0 Å². The molecule has 0 N–H and O–H groups in total. The lowest BCUT2D eigenvalue weighted by molar-refractivity contribution is -0.254. The van der Waals surface area contributed by atoms with Crippen molar-refractivity contribution in [3.63, 3.8) is 0 Å². The lowest BCUT2D eigenvalue weighted by Crippen LogP contribution is -2.24. The molecule has 1 aromatic heterocycles. The van der Waals surface area contributed by atoms with Gasteiger partial charge in [-0.3, -0.25) is 0 Å². The van der Waals surface area contributed by atoms with E-state index in [0.717, 1.165) is 28.8 Å². The van der Waals surface area contributed by atoms with Gasteiger partial charge < -0.3 is 19.4 Å². The Morgan fingerprint density at radius 2 is 1.85 bits per heavy atom. The van der Waals surface area contributed by atoms with Gasteiger partial charge in [0.05, 0.1) is 31.4 Å². The van der Waals surface area contributed by atoms with Gasteiger partial charge in [0.2, 0.25) is 0 Å². The molecule has 136 valence electrons. The van der Waals surface area contributed by atoms with Crippen molar-refractivity contribution >= 4 is 28.5 Å². The summed E-state index contributed by atoms with van der Waals surface area (Å²) in [7, 11) is 3.19. The summed E-state index contributed by atoms with van der Waals surface area (Å²) in [5.41, 5.74) is 4.36. The molecule has 3 aromatic rings. The largest absolute Gasteiger partial charge is 0.545 e. The minimum atomic E-state index is -1.16. The van der Waals surface area contributed by atoms with E-state index in [9.17, 15) is 9.90 Å². The summed E-state index contributed by atoms with van der Waals surface area (Å²) in [5, 5.41) is 12.4. The quantitative estimate of drug-likeness (QED) is 0.715. The molecule has 0 spiro atoms. The molecule has 1 heterocycles. The maximum absolute atomic E-state index is 11.8. The van der Waals surface area contributed by atoms with E-state index in [2.05, 4.69) is 0 Å².